The number of nitrogens with one attached hydrogen (secondary N) is 1. The normalized spacial score (nSPS) is 15.3. The predicted octanol–water partition coefficient (Wildman–Crippen LogP) is 3.23. The van der Waals surface area contributed by atoms with E-state index in [2.05, 4.69) is 11.4 Å². The Hall–Kier alpha value is -2.88. The van der Waals surface area contributed by atoms with Crippen molar-refractivity contribution in [1.29, 1.82) is 5.26 Å². The molecule has 0 bridgehead atoms. The number of nitriles is 1. The van der Waals surface area contributed by atoms with Crippen LogP contribution < -0.4 is 5.32 Å². The van der Waals surface area contributed by atoms with Crippen LogP contribution in [0.1, 0.15) is 31.9 Å². The second-order valence-electron chi connectivity index (χ2n) is 8.35. The third-order valence-corrected chi connectivity index (χ3v) is 4.64. The van der Waals surface area contributed by atoms with Gasteiger partial charge in [0, 0.05) is 0 Å². The molecule has 0 aromatic heterocycles. The molecule has 0 fully saturated rings. The zero-order valence-electron chi connectivity index (χ0n) is 17.7. The molecule has 2 aromatic rings. The van der Waals surface area contributed by atoms with Crippen LogP contribution in [0.25, 0.3) is 0 Å². The van der Waals surface area contributed by atoms with Crippen molar-refractivity contribution in [2.75, 3.05) is 0 Å². The van der Waals surface area contributed by atoms with E-state index in [-0.39, 0.29) is 6.42 Å². The minimum Gasteiger partial charge on any atom is -0.444 e. The average Bonchev–Trinajstić information content (AvgIpc) is 2.70. The maximum Gasteiger partial charge on any atom is 0.407 e. The van der Waals surface area contributed by atoms with Crippen LogP contribution >= 0.6 is 0 Å². The van der Waals surface area contributed by atoms with Crippen LogP contribution in [0.15, 0.2) is 60.7 Å². The van der Waals surface area contributed by atoms with Crippen molar-refractivity contribution in [3.8, 4) is 6.07 Å². The Labute approximate surface area is 178 Å². The van der Waals surface area contributed by atoms with Crippen LogP contribution in [0, 0.1) is 17.2 Å². The van der Waals surface area contributed by atoms with Crippen molar-refractivity contribution in [1.82, 2.24) is 5.32 Å². The van der Waals surface area contributed by atoms with E-state index in [1.54, 1.807) is 20.8 Å². The quantitative estimate of drug-likeness (QED) is 0.620. The molecule has 0 spiro atoms. The van der Waals surface area contributed by atoms with Gasteiger partial charge in [-0.1, -0.05) is 60.7 Å². The molecule has 0 saturated carbocycles. The number of nitrogens with zero attached hydrogens (tertiary/aromatic N) is 1. The Balaban J connectivity index is 2.17. The van der Waals surface area contributed by atoms with Crippen LogP contribution in [-0.2, 0) is 17.6 Å². The molecule has 0 radical (unpaired) electrons. The molecular weight excluding hydrogens is 380 g/mol. The molecule has 0 aliphatic heterocycles. The maximum atomic E-state index is 12.3. The zero-order chi connectivity index (χ0) is 22.1. The first-order chi connectivity index (χ1) is 14.2. The fourth-order valence-corrected chi connectivity index (χ4v) is 3.17. The lowest BCUT2D eigenvalue weighted by molar-refractivity contribution is -0.0267. The Morgan fingerprint density at radius 1 is 0.967 bits per heavy atom. The second kappa shape index (κ2) is 10.8. The third-order valence-electron chi connectivity index (χ3n) is 4.64. The highest BCUT2D eigenvalue weighted by Gasteiger charge is 2.34. The number of aliphatic hydroxyl groups is 2. The summed E-state index contributed by atoms with van der Waals surface area (Å²) >= 11 is 0. The van der Waals surface area contributed by atoms with Gasteiger partial charge in [0.25, 0.3) is 0 Å². The summed E-state index contributed by atoms with van der Waals surface area (Å²) in [6.07, 6.45) is -2.82. The first-order valence-electron chi connectivity index (χ1n) is 10.0. The van der Waals surface area contributed by atoms with Gasteiger partial charge in [-0.15, -0.1) is 0 Å². The molecule has 3 N–H and O–H groups in total. The van der Waals surface area contributed by atoms with Crippen molar-refractivity contribution in [3.05, 3.63) is 71.8 Å². The number of hydrogen-bond acceptors (Lipinski definition) is 5. The Bertz CT molecular complexity index is 828. The van der Waals surface area contributed by atoms with E-state index >= 15 is 0 Å². The standard InChI is InChI=1S/C24H30N2O4/c1-24(2,3)30-23(29)26-20(15-18-12-8-5-9-13-18)22(28)21(27)19(16-25)14-17-10-6-4-7-11-17/h4-13,19-22,27-28H,14-15H2,1-3H3,(H,26,29)/t19-,20+,21+,22+/m1/s1. The third kappa shape index (κ3) is 7.51. The number of benzene rings is 2. The number of amides is 1. The van der Waals surface area contributed by atoms with Gasteiger partial charge in [-0.05, 0) is 44.7 Å². The lowest BCUT2D eigenvalue weighted by Gasteiger charge is -2.31. The summed E-state index contributed by atoms with van der Waals surface area (Å²) in [5.41, 5.74) is 1.06. The van der Waals surface area contributed by atoms with E-state index in [1.165, 1.54) is 0 Å². The number of rotatable bonds is 8. The zero-order valence-corrected chi connectivity index (χ0v) is 17.7. The molecule has 4 atom stereocenters. The van der Waals surface area contributed by atoms with E-state index in [4.69, 9.17) is 4.74 Å². The maximum absolute atomic E-state index is 12.3. The first kappa shape index (κ1) is 23.4. The summed E-state index contributed by atoms with van der Waals surface area (Å²) in [6.45, 7) is 5.24. The fraction of sp³-hybridized carbons (Fsp3) is 0.417. The minimum atomic E-state index is -1.36. The Morgan fingerprint density at radius 3 is 1.93 bits per heavy atom. The predicted molar refractivity (Wildman–Crippen MR) is 115 cm³/mol. The molecule has 160 valence electrons. The van der Waals surface area contributed by atoms with Crippen molar-refractivity contribution < 1.29 is 19.7 Å². The number of ether oxygens (including phenoxy) is 1. The molecule has 0 unspecified atom stereocenters. The monoisotopic (exact) mass is 410 g/mol. The van der Waals surface area contributed by atoms with Gasteiger partial charge >= 0.3 is 6.09 Å². The fourth-order valence-electron chi connectivity index (χ4n) is 3.17. The minimum absolute atomic E-state index is 0.280. The summed E-state index contributed by atoms with van der Waals surface area (Å²) in [5.74, 6) is -0.832. The molecule has 2 aromatic carbocycles. The molecule has 0 heterocycles. The summed E-state index contributed by atoms with van der Waals surface area (Å²) in [4.78, 5) is 12.3. The van der Waals surface area contributed by atoms with Crippen molar-refractivity contribution in [3.63, 3.8) is 0 Å². The van der Waals surface area contributed by atoms with Gasteiger partial charge in [0.2, 0.25) is 0 Å². The van der Waals surface area contributed by atoms with Gasteiger partial charge in [0.1, 0.15) is 11.7 Å². The second-order valence-corrected chi connectivity index (χ2v) is 8.35. The number of hydrogen-bond donors (Lipinski definition) is 3. The van der Waals surface area contributed by atoms with Crippen LogP contribution in [0.3, 0.4) is 0 Å². The van der Waals surface area contributed by atoms with Crippen molar-refractivity contribution in [2.45, 2.75) is 57.5 Å². The average molecular weight is 411 g/mol. The molecule has 0 saturated heterocycles. The van der Waals surface area contributed by atoms with E-state index in [9.17, 15) is 20.3 Å². The van der Waals surface area contributed by atoms with Gasteiger partial charge < -0.3 is 20.3 Å². The Kier molecular flexibility index (Phi) is 8.40. The van der Waals surface area contributed by atoms with Crippen LogP contribution in [0.2, 0.25) is 0 Å². The summed E-state index contributed by atoms with van der Waals surface area (Å²) in [6, 6.07) is 19.9. The lowest BCUT2D eigenvalue weighted by Crippen LogP contribution is -2.52. The number of aliphatic hydroxyl groups excluding tert-OH is 2. The molecule has 2 rings (SSSR count). The first-order valence-corrected chi connectivity index (χ1v) is 10.0. The van der Waals surface area contributed by atoms with Gasteiger partial charge in [0.15, 0.2) is 0 Å². The molecule has 0 aliphatic carbocycles. The van der Waals surface area contributed by atoms with E-state index in [1.807, 2.05) is 60.7 Å². The van der Waals surface area contributed by atoms with Crippen LogP contribution in [0.4, 0.5) is 4.79 Å². The molecule has 0 aliphatic rings. The summed E-state index contributed by atoms with van der Waals surface area (Å²) in [7, 11) is 0. The number of alkyl carbamates (subject to hydrolysis) is 1. The number of carbonyl (C=O) groups excluding carboxylic acids is 1. The van der Waals surface area contributed by atoms with E-state index < -0.39 is 35.9 Å². The molecule has 6 nitrogen and oxygen atoms in total. The van der Waals surface area contributed by atoms with E-state index in [0.29, 0.717) is 6.42 Å². The van der Waals surface area contributed by atoms with Crippen LogP contribution in [-0.4, -0.2) is 40.2 Å². The highest BCUT2D eigenvalue weighted by molar-refractivity contribution is 5.68. The smallest absolute Gasteiger partial charge is 0.407 e. The lowest BCUT2D eigenvalue weighted by atomic mass is 9.87. The van der Waals surface area contributed by atoms with E-state index in [0.717, 1.165) is 11.1 Å². The van der Waals surface area contributed by atoms with Gasteiger partial charge in [0.05, 0.1) is 24.1 Å². The van der Waals surface area contributed by atoms with Gasteiger partial charge in [-0.25, -0.2) is 4.79 Å². The molecule has 30 heavy (non-hydrogen) atoms. The van der Waals surface area contributed by atoms with Gasteiger partial charge in [-0.3, -0.25) is 0 Å². The Morgan fingerprint density at radius 2 is 1.47 bits per heavy atom. The molecule has 1 amide bonds. The number of carbonyl (C=O) groups is 1. The van der Waals surface area contributed by atoms with Crippen LogP contribution in [0.5, 0.6) is 0 Å². The summed E-state index contributed by atoms with van der Waals surface area (Å²) < 4.78 is 5.31. The van der Waals surface area contributed by atoms with Gasteiger partial charge in [-0.2, -0.15) is 5.26 Å². The SMILES string of the molecule is CC(C)(C)OC(=O)N[C@@H](Cc1ccccc1)[C@H](O)[C@@H](O)[C@@H](C#N)Cc1ccccc1. The highest BCUT2D eigenvalue weighted by Crippen LogP contribution is 2.19. The highest BCUT2D eigenvalue weighted by atomic mass is 16.6. The molecule has 6 heteroatoms. The van der Waals surface area contributed by atoms with Crippen molar-refractivity contribution >= 4 is 6.09 Å². The topological polar surface area (TPSA) is 103 Å². The molecular formula is C24H30N2O4. The largest absolute Gasteiger partial charge is 0.444 e. The van der Waals surface area contributed by atoms with Crippen molar-refractivity contribution in [2.24, 2.45) is 5.92 Å². The summed E-state index contributed by atoms with van der Waals surface area (Å²) in [5, 5.41) is 33.9.